The molecule has 0 unspecified atom stereocenters. The lowest BCUT2D eigenvalue weighted by Gasteiger charge is -2.42. The van der Waals surface area contributed by atoms with E-state index >= 15 is 0 Å². The third-order valence-corrected chi connectivity index (χ3v) is 6.17. The lowest BCUT2D eigenvalue weighted by molar-refractivity contribution is -0.139. The normalized spacial score (nSPS) is 23.8. The summed E-state index contributed by atoms with van der Waals surface area (Å²) in [7, 11) is 0. The number of carbonyl (C=O) groups excluding carboxylic acids is 1. The van der Waals surface area contributed by atoms with Crippen LogP contribution in [0.1, 0.15) is 75.1 Å². The predicted octanol–water partition coefficient (Wildman–Crippen LogP) is 3.42. The molecule has 0 bridgehead atoms. The highest BCUT2D eigenvalue weighted by Gasteiger charge is 2.35. The molecule has 6 nitrogen and oxygen atoms in total. The fourth-order valence-corrected chi connectivity index (χ4v) is 4.39. The Bertz CT molecular complexity index is 713. The maximum Gasteiger partial charge on any atom is 0.317 e. The minimum atomic E-state index is -0.798. The monoisotopic (exact) mass is 387 g/mol. The zero-order valence-corrected chi connectivity index (χ0v) is 17.2. The molecule has 0 spiro atoms. The summed E-state index contributed by atoms with van der Waals surface area (Å²) in [6.45, 7) is 7.14. The summed E-state index contributed by atoms with van der Waals surface area (Å²) in [6, 6.07) is 7.00. The number of likely N-dealkylation sites (N-methyl/N-ethyl adjacent to an activating group) is 1. The molecule has 154 valence electrons. The average molecular weight is 388 g/mol. The Morgan fingerprint density at radius 2 is 2.00 bits per heavy atom. The van der Waals surface area contributed by atoms with Gasteiger partial charge in [0, 0.05) is 12.1 Å². The molecule has 28 heavy (non-hydrogen) atoms. The van der Waals surface area contributed by atoms with Crippen molar-refractivity contribution in [1.29, 1.82) is 0 Å². The van der Waals surface area contributed by atoms with Crippen LogP contribution in [0.3, 0.4) is 0 Å². The first-order valence-corrected chi connectivity index (χ1v) is 10.5. The molecule has 0 heterocycles. The Kier molecular flexibility index (Phi) is 6.60. The van der Waals surface area contributed by atoms with E-state index in [0.717, 1.165) is 32.1 Å². The molecule has 0 saturated heterocycles. The van der Waals surface area contributed by atoms with Gasteiger partial charge in [-0.1, -0.05) is 39.0 Å². The minimum Gasteiger partial charge on any atom is -0.480 e. The molecule has 3 rings (SSSR count). The number of benzene rings is 1. The molecule has 1 fully saturated rings. The summed E-state index contributed by atoms with van der Waals surface area (Å²) < 4.78 is 0. The number of hydrogen-bond acceptors (Lipinski definition) is 3. The van der Waals surface area contributed by atoms with E-state index in [4.69, 9.17) is 5.11 Å². The fraction of sp³-hybridized carbons (Fsp3) is 0.636. The van der Waals surface area contributed by atoms with E-state index in [1.165, 1.54) is 16.7 Å². The first-order chi connectivity index (χ1) is 13.4. The van der Waals surface area contributed by atoms with Gasteiger partial charge in [-0.05, 0) is 61.3 Å². The van der Waals surface area contributed by atoms with Gasteiger partial charge in [-0.15, -0.1) is 0 Å². The van der Waals surface area contributed by atoms with Gasteiger partial charge in [0.15, 0.2) is 0 Å². The third kappa shape index (κ3) is 4.85. The number of amides is 2. The van der Waals surface area contributed by atoms with Gasteiger partial charge in [0.2, 0.25) is 0 Å². The summed E-state index contributed by atoms with van der Waals surface area (Å²) in [5.74, 6) is -0.325. The zero-order valence-electron chi connectivity index (χ0n) is 17.2. The lowest BCUT2D eigenvalue weighted by atomic mass is 9.84. The highest BCUT2D eigenvalue weighted by Crippen LogP contribution is 2.32. The number of carboxylic acid groups (broad SMARTS) is 1. The number of aliphatic carboxylic acids is 1. The topological polar surface area (TPSA) is 81.7 Å². The van der Waals surface area contributed by atoms with E-state index in [9.17, 15) is 9.59 Å². The smallest absolute Gasteiger partial charge is 0.317 e. The standard InChI is InChI=1S/C22H33N3O3/c1-4-25(13-21(26)27)18-11-17(12-18)23-22(28)24-20-7-5-6-15-8-9-16(14(2)3)10-19(15)20/h8-10,14,17-18,20H,4-7,11-13H2,1-3H3,(H,26,27)(H2,23,24,28)/t17?,18?,20-/m0/s1. The highest BCUT2D eigenvalue weighted by molar-refractivity contribution is 5.75. The van der Waals surface area contributed by atoms with Gasteiger partial charge in [-0.2, -0.15) is 0 Å². The number of rotatable bonds is 7. The molecule has 1 saturated carbocycles. The second kappa shape index (κ2) is 8.95. The Labute approximate surface area is 167 Å². The highest BCUT2D eigenvalue weighted by atomic mass is 16.4. The van der Waals surface area contributed by atoms with Crippen LogP contribution in [0, 0.1) is 0 Å². The number of nitrogens with one attached hydrogen (secondary N) is 2. The van der Waals surface area contributed by atoms with Gasteiger partial charge in [0.25, 0.3) is 0 Å². The van der Waals surface area contributed by atoms with Crippen LogP contribution >= 0.6 is 0 Å². The van der Waals surface area contributed by atoms with Crippen molar-refractivity contribution in [3.63, 3.8) is 0 Å². The van der Waals surface area contributed by atoms with E-state index in [0.29, 0.717) is 12.5 Å². The fourth-order valence-electron chi connectivity index (χ4n) is 4.39. The van der Waals surface area contributed by atoms with Crippen LogP contribution in [0.15, 0.2) is 18.2 Å². The third-order valence-electron chi connectivity index (χ3n) is 6.17. The van der Waals surface area contributed by atoms with Crippen molar-refractivity contribution in [3.8, 4) is 0 Å². The van der Waals surface area contributed by atoms with Gasteiger partial charge < -0.3 is 15.7 Å². The summed E-state index contributed by atoms with van der Waals surface area (Å²) in [5, 5.41) is 15.2. The maximum atomic E-state index is 12.5. The second-order valence-corrected chi connectivity index (χ2v) is 8.45. The average Bonchev–Trinajstić information content (AvgIpc) is 2.62. The van der Waals surface area contributed by atoms with Gasteiger partial charge >= 0.3 is 12.0 Å². The molecule has 2 aliphatic rings. The zero-order chi connectivity index (χ0) is 20.3. The van der Waals surface area contributed by atoms with Gasteiger partial charge in [0.1, 0.15) is 0 Å². The molecule has 6 heteroatoms. The molecule has 2 amide bonds. The van der Waals surface area contributed by atoms with Crippen LogP contribution in [0.2, 0.25) is 0 Å². The number of hydrogen-bond donors (Lipinski definition) is 3. The van der Waals surface area contributed by atoms with Crippen LogP contribution in [-0.2, 0) is 11.2 Å². The van der Waals surface area contributed by atoms with E-state index in [1.807, 2.05) is 11.8 Å². The Hall–Kier alpha value is -2.08. The van der Waals surface area contributed by atoms with Crippen molar-refractivity contribution < 1.29 is 14.7 Å². The second-order valence-electron chi connectivity index (χ2n) is 8.45. The van der Waals surface area contributed by atoms with Gasteiger partial charge in [0.05, 0.1) is 12.6 Å². The first kappa shape index (κ1) is 20.6. The van der Waals surface area contributed by atoms with E-state index in [2.05, 4.69) is 42.7 Å². The number of aryl methyl sites for hydroxylation is 1. The maximum absolute atomic E-state index is 12.5. The van der Waals surface area contributed by atoms with Crippen molar-refractivity contribution in [3.05, 3.63) is 34.9 Å². The first-order valence-electron chi connectivity index (χ1n) is 10.5. The van der Waals surface area contributed by atoms with Crippen molar-refractivity contribution in [1.82, 2.24) is 15.5 Å². The Balaban J connectivity index is 1.53. The van der Waals surface area contributed by atoms with E-state index < -0.39 is 5.97 Å². The van der Waals surface area contributed by atoms with Crippen LogP contribution in [-0.4, -0.2) is 47.2 Å². The van der Waals surface area contributed by atoms with Crippen LogP contribution in [0.25, 0.3) is 0 Å². The van der Waals surface area contributed by atoms with E-state index in [1.54, 1.807) is 0 Å². The summed E-state index contributed by atoms with van der Waals surface area (Å²) >= 11 is 0. The predicted molar refractivity (Wildman–Crippen MR) is 110 cm³/mol. The largest absolute Gasteiger partial charge is 0.480 e. The van der Waals surface area contributed by atoms with Crippen LogP contribution in [0.5, 0.6) is 0 Å². The Morgan fingerprint density at radius 1 is 1.25 bits per heavy atom. The number of fused-ring (bicyclic) bond motifs is 1. The minimum absolute atomic E-state index is 0.0666. The van der Waals surface area contributed by atoms with Crippen molar-refractivity contribution in [2.75, 3.05) is 13.1 Å². The van der Waals surface area contributed by atoms with Gasteiger partial charge in [-0.3, -0.25) is 9.69 Å². The van der Waals surface area contributed by atoms with Crippen LogP contribution in [0.4, 0.5) is 4.79 Å². The molecule has 3 N–H and O–H groups in total. The van der Waals surface area contributed by atoms with Crippen LogP contribution < -0.4 is 10.6 Å². The molecular formula is C22H33N3O3. The molecular weight excluding hydrogens is 354 g/mol. The molecule has 1 aromatic carbocycles. The van der Waals surface area contributed by atoms with Crippen molar-refractivity contribution >= 4 is 12.0 Å². The number of carboxylic acids is 1. The van der Waals surface area contributed by atoms with E-state index in [-0.39, 0.29) is 30.7 Å². The molecule has 1 aromatic rings. The summed E-state index contributed by atoms with van der Waals surface area (Å²) in [6.07, 6.45) is 4.76. The summed E-state index contributed by atoms with van der Waals surface area (Å²) in [4.78, 5) is 25.4. The van der Waals surface area contributed by atoms with Crippen molar-refractivity contribution in [2.24, 2.45) is 0 Å². The van der Waals surface area contributed by atoms with Gasteiger partial charge in [-0.25, -0.2) is 4.79 Å². The van der Waals surface area contributed by atoms with Crippen molar-refractivity contribution in [2.45, 2.75) is 76.9 Å². The quantitative estimate of drug-likeness (QED) is 0.669. The molecule has 0 radical (unpaired) electrons. The summed E-state index contributed by atoms with van der Waals surface area (Å²) in [5.41, 5.74) is 3.92. The molecule has 0 aromatic heterocycles. The molecule has 0 aliphatic heterocycles. The SMILES string of the molecule is CCN(CC(=O)O)C1CC(NC(=O)N[C@H]2CCCc3ccc(C(C)C)cc32)C1. The number of nitrogens with zero attached hydrogens (tertiary/aromatic N) is 1. The Morgan fingerprint density at radius 3 is 2.64 bits per heavy atom. The number of urea groups is 1. The molecule has 1 atom stereocenters. The molecule has 2 aliphatic carbocycles. The number of carbonyl (C=O) groups is 2. The lowest BCUT2D eigenvalue weighted by Crippen LogP contribution is -2.56.